The van der Waals surface area contributed by atoms with Crippen molar-refractivity contribution in [2.75, 3.05) is 17.2 Å². The van der Waals surface area contributed by atoms with Gasteiger partial charge in [0.2, 0.25) is 5.91 Å². The number of rotatable bonds is 3. The zero-order chi connectivity index (χ0) is 14.1. The van der Waals surface area contributed by atoms with Gasteiger partial charge in [-0.15, -0.1) is 5.10 Å². The molecule has 0 bridgehead atoms. The van der Waals surface area contributed by atoms with Gasteiger partial charge in [-0.2, -0.15) is 17.6 Å². The van der Waals surface area contributed by atoms with E-state index < -0.39 is 0 Å². The molecule has 2 heterocycles. The summed E-state index contributed by atoms with van der Waals surface area (Å²) in [5.41, 5.74) is 0.769. The van der Waals surface area contributed by atoms with Crippen LogP contribution >= 0.6 is 24.2 Å². The van der Waals surface area contributed by atoms with Crippen LogP contribution in [0.5, 0.6) is 0 Å². The van der Waals surface area contributed by atoms with Crippen molar-refractivity contribution < 1.29 is 4.79 Å². The Morgan fingerprint density at radius 2 is 2.25 bits per heavy atom. The number of hydrogen-bond acceptors (Lipinski definition) is 4. The smallest absolute Gasteiger partial charge is 0.251 e. The van der Waals surface area contributed by atoms with Crippen LogP contribution in [0.4, 0.5) is 5.95 Å². The molecule has 20 heavy (non-hydrogen) atoms. The van der Waals surface area contributed by atoms with Gasteiger partial charge in [0.25, 0.3) is 5.95 Å². The van der Waals surface area contributed by atoms with Crippen molar-refractivity contribution in [3.05, 3.63) is 29.3 Å². The molecular formula is C13H13ClN4OS. The molecule has 104 valence electrons. The largest absolute Gasteiger partial charge is 0.279 e. The first-order valence-electron chi connectivity index (χ1n) is 6.27. The molecule has 1 aromatic carbocycles. The fourth-order valence-corrected chi connectivity index (χ4v) is 2.71. The number of nitrogens with zero attached hydrogens (tertiary/aromatic N) is 3. The zero-order valence-corrected chi connectivity index (χ0v) is 12.2. The summed E-state index contributed by atoms with van der Waals surface area (Å²) in [4.78, 5) is 17.9. The summed E-state index contributed by atoms with van der Waals surface area (Å²) in [6, 6.07) is 7.37. The van der Waals surface area contributed by atoms with Gasteiger partial charge in [0, 0.05) is 18.5 Å². The predicted octanol–water partition coefficient (Wildman–Crippen LogP) is 2.41. The van der Waals surface area contributed by atoms with Crippen molar-refractivity contribution in [3.63, 3.8) is 0 Å². The van der Waals surface area contributed by atoms with Crippen LogP contribution in [0.25, 0.3) is 11.4 Å². The minimum Gasteiger partial charge on any atom is -0.279 e. The van der Waals surface area contributed by atoms with Gasteiger partial charge >= 0.3 is 0 Å². The van der Waals surface area contributed by atoms with Crippen LogP contribution in [-0.2, 0) is 4.79 Å². The number of anilines is 1. The first kappa shape index (κ1) is 13.5. The van der Waals surface area contributed by atoms with E-state index in [1.165, 1.54) is 0 Å². The molecule has 1 aliphatic heterocycles. The second kappa shape index (κ2) is 5.46. The first-order valence-corrected chi connectivity index (χ1v) is 7.28. The van der Waals surface area contributed by atoms with Gasteiger partial charge in [-0.3, -0.25) is 14.8 Å². The molecule has 1 fully saturated rings. The Bertz CT molecular complexity index is 645. The molecule has 1 unspecified atom stereocenters. The average molecular weight is 309 g/mol. The number of carbonyl (C=O) groups is 1. The van der Waals surface area contributed by atoms with E-state index in [0.717, 1.165) is 5.56 Å². The normalized spacial score (nSPS) is 18.8. The number of benzene rings is 1. The number of H-pyrrole nitrogens is 1. The standard InChI is InChI=1S/C13H13ClN4OS/c14-10-4-2-1-3-9(10)12-15-13(17-16-12)18-6-8(7-20)5-11(18)19/h1-4,8,20H,5-7H2,(H,15,16,17). The van der Waals surface area contributed by atoms with Crippen LogP contribution in [-0.4, -0.2) is 33.4 Å². The Kier molecular flexibility index (Phi) is 3.67. The summed E-state index contributed by atoms with van der Waals surface area (Å²) in [5.74, 6) is 1.94. The quantitative estimate of drug-likeness (QED) is 0.856. The fraction of sp³-hybridized carbons (Fsp3) is 0.308. The molecule has 1 aromatic heterocycles. The van der Waals surface area contributed by atoms with Crippen molar-refractivity contribution in [1.29, 1.82) is 0 Å². The SMILES string of the molecule is O=C1CC(CS)CN1c1n[nH]c(-c2ccccc2Cl)n1. The maximum atomic E-state index is 11.9. The van der Waals surface area contributed by atoms with Crippen LogP contribution < -0.4 is 4.90 Å². The second-order valence-electron chi connectivity index (χ2n) is 4.72. The van der Waals surface area contributed by atoms with Crippen LogP contribution in [0.1, 0.15) is 6.42 Å². The highest BCUT2D eigenvalue weighted by Crippen LogP contribution is 2.28. The number of amides is 1. The van der Waals surface area contributed by atoms with Crippen molar-refractivity contribution in [1.82, 2.24) is 15.2 Å². The third kappa shape index (κ3) is 2.41. The average Bonchev–Trinajstić information content (AvgIpc) is 3.05. The van der Waals surface area contributed by atoms with Gasteiger partial charge in [0.05, 0.1) is 5.02 Å². The highest BCUT2D eigenvalue weighted by atomic mass is 35.5. The lowest BCUT2D eigenvalue weighted by Crippen LogP contribution is -2.25. The Hall–Kier alpha value is -1.53. The molecule has 1 N–H and O–H groups in total. The van der Waals surface area contributed by atoms with E-state index in [1.807, 2.05) is 18.2 Å². The van der Waals surface area contributed by atoms with Crippen molar-refractivity contribution in [2.24, 2.45) is 5.92 Å². The van der Waals surface area contributed by atoms with Gasteiger partial charge in [0.1, 0.15) is 0 Å². The summed E-state index contributed by atoms with van der Waals surface area (Å²) < 4.78 is 0. The highest BCUT2D eigenvalue weighted by Gasteiger charge is 2.32. The first-order chi connectivity index (χ1) is 9.69. The van der Waals surface area contributed by atoms with E-state index in [9.17, 15) is 4.79 Å². The maximum Gasteiger partial charge on any atom is 0.251 e. The van der Waals surface area contributed by atoms with Crippen molar-refractivity contribution >= 4 is 36.1 Å². The summed E-state index contributed by atoms with van der Waals surface area (Å²) in [5, 5.41) is 7.55. The van der Waals surface area contributed by atoms with E-state index in [0.29, 0.717) is 35.5 Å². The van der Waals surface area contributed by atoms with Gasteiger partial charge in [-0.05, 0) is 23.8 Å². The maximum absolute atomic E-state index is 11.9. The van der Waals surface area contributed by atoms with Crippen LogP contribution in [0.2, 0.25) is 5.02 Å². The Labute approximate surface area is 126 Å². The molecule has 0 spiro atoms. The molecule has 0 radical (unpaired) electrons. The molecule has 2 aromatic rings. The number of aromatic nitrogens is 3. The zero-order valence-electron chi connectivity index (χ0n) is 10.6. The molecule has 1 saturated heterocycles. The summed E-state index contributed by atoms with van der Waals surface area (Å²) in [6.07, 6.45) is 0.499. The topological polar surface area (TPSA) is 61.9 Å². The number of carbonyl (C=O) groups excluding carboxylic acids is 1. The number of aromatic amines is 1. The van der Waals surface area contributed by atoms with Crippen LogP contribution in [0.3, 0.4) is 0 Å². The summed E-state index contributed by atoms with van der Waals surface area (Å²) in [6.45, 7) is 0.613. The number of hydrogen-bond donors (Lipinski definition) is 2. The van der Waals surface area contributed by atoms with Crippen molar-refractivity contribution in [2.45, 2.75) is 6.42 Å². The number of nitrogens with one attached hydrogen (secondary N) is 1. The van der Waals surface area contributed by atoms with Gasteiger partial charge in [-0.25, -0.2) is 0 Å². The molecular weight excluding hydrogens is 296 g/mol. The summed E-state index contributed by atoms with van der Waals surface area (Å²) >= 11 is 10.4. The third-order valence-electron chi connectivity index (χ3n) is 3.31. The molecule has 5 nitrogen and oxygen atoms in total. The van der Waals surface area contributed by atoms with Crippen molar-refractivity contribution in [3.8, 4) is 11.4 Å². The Morgan fingerprint density at radius 1 is 1.45 bits per heavy atom. The molecule has 3 rings (SSSR count). The highest BCUT2D eigenvalue weighted by molar-refractivity contribution is 7.80. The van der Waals surface area contributed by atoms with Crippen LogP contribution in [0.15, 0.2) is 24.3 Å². The molecule has 0 saturated carbocycles. The molecule has 0 aliphatic carbocycles. The Morgan fingerprint density at radius 3 is 2.95 bits per heavy atom. The minimum absolute atomic E-state index is 0.0359. The van der Waals surface area contributed by atoms with Gasteiger partial charge in [0.15, 0.2) is 5.82 Å². The van der Waals surface area contributed by atoms with E-state index in [-0.39, 0.29) is 11.8 Å². The second-order valence-corrected chi connectivity index (χ2v) is 5.49. The van der Waals surface area contributed by atoms with E-state index in [2.05, 4.69) is 27.8 Å². The lowest BCUT2D eigenvalue weighted by Gasteiger charge is -2.10. The molecule has 7 heteroatoms. The minimum atomic E-state index is 0.0359. The Balaban J connectivity index is 1.88. The van der Waals surface area contributed by atoms with Gasteiger partial charge < -0.3 is 0 Å². The number of halogens is 1. The molecule has 1 amide bonds. The van der Waals surface area contributed by atoms with Gasteiger partial charge in [-0.1, -0.05) is 23.7 Å². The molecule has 1 aliphatic rings. The van der Waals surface area contributed by atoms with E-state index in [4.69, 9.17) is 11.6 Å². The summed E-state index contributed by atoms with van der Waals surface area (Å²) in [7, 11) is 0. The fourth-order valence-electron chi connectivity index (χ4n) is 2.24. The van der Waals surface area contributed by atoms with Crippen LogP contribution in [0, 0.1) is 5.92 Å². The molecule has 1 atom stereocenters. The third-order valence-corrected chi connectivity index (χ3v) is 4.15. The van der Waals surface area contributed by atoms with E-state index >= 15 is 0 Å². The van der Waals surface area contributed by atoms with E-state index in [1.54, 1.807) is 11.0 Å². The lowest BCUT2D eigenvalue weighted by molar-refractivity contribution is -0.117. The predicted molar refractivity (Wildman–Crippen MR) is 81.1 cm³/mol. The lowest BCUT2D eigenvalue weighted by atomic mass is 10.1. The monoisotopic (exact) mass is 308 g/mol. The number of thiol groups is 1.